The zero-order valence-corrected chi connectivity index (χ0v) is 17.8. The van der Waals surface area contributed by atoms with E-state index < -0.39 is 0 Å². The molecule has 0 saturated carbocycles. The van der Waals surface area contributed by atoms with Crippen molar-refractivity contribution in [2.24, 2.45) is 0 Å². The first-order valence-electron chi connectivity index (χ1n) is 10.5. The summed E-state index contributed by atoms with van der Waals surface area (Å²) >= 11 is 0. The molecule has 7 nitrogen and oxygen atoms in total. The first-order valence-corrected chi connectivity index (χ1v) is 10.5. The summed E-state index contributed by atoms with van der Waals surface area (Å²) in [6.07, 6.45) is 2.04. The number of ether oxygens (including phenoxy) is 2. The van der Waals surface area contributed by atoms with Gasteiger partial charge in [0.2, 0.25) is 0 Å². The van der Waals surface area contributed by atoms with Crippen LogP contribution in [0.1, 0.15) is 47.4 Å². The summed E-state index contributed by atoms with van der Waals surface area (Å²) in [5, 5.41) is 17.7. The Kier molecular flexibility index (Phi) is 6.23. The van der Waals surface area contributed by atoms with E-state index in [-0.39, 0.29) is 17.7 Å². The molecule has 0 spiro atoms. The average molecular weight is 421 g/mol. The minimum absolute atomic E-state index is 0.120. The van der Waals surface area contributed by atoms with Crippen molar-refractivity contribution in [1.29, 1.82) is 0 Å². The van der Waals surface area contributed by atoms with Crippen molar-refractivity contribution in [2.45, 2.75) is 25.8 Å². The molecule has 1 aliphatic rings. The van der Waals surface area contributed by atoms with Crippen molar-refractivity contribution < 1.29 is 19.4 Å². The number of carbonyl (C=O) groups excluding carboxylic acids is 1. The molecule has 1 aliphatic heterocycles. The quantitative estimate of drug-likeness (QED) is 0.507. The molecule has 2 heterocycles. The monoisotopic (exact) mass is 421 g/mol. The number of hydrogen-bond donors (Lipinski definition) is 2. The number of phenols is 1. The Morgan fingerprint density at radius 1 is 1.16 bits per heavy atom. The van der Waals surface area contributed by atoms with Crippen molar-refractivity contribution in [3.8, 4) is 22.8 Å². The molecule has 0 aliphatic carbocycles. The van der Waals surface area contributed by atoms with Crippen LogP contribution in [0.2, 0.25) is 0 Å². The highest BCUT2D eigenvalue weighted by molar-refractivity contribution is 6.00. The standard InChI is InChI=1S/C24H27N3O4/c1-3-4-13-31-17-9-7-8-16(15-17)23-20-21(18-10-5-6-11-19(18)28)25-26-22(20)24(29)27(23)12-14-30-2/h5-11,15,23,28H,3-4,12-14H2,1-2H3,(H,25,26)/t23-/m1/s1. The number of hydrogen-bond acceptors (Lipinski definition) is 5. The Morgan fingerprint density at radius 3 is 2.77 bits per heavy atom. The number of fused-ring (bicyclic) bond motifs is 1. The number of phenolic OH excluding ortho intramolecular Hbond substituents is 1. The fourth-order valence-corrected chi connectivity index (χ4v) is 3.95. The fraction of sp³-hybridized carbons (Fsp3) is 0.333. The predicted molar refractivity (Wildman–Crippen MR) is 117 cm³/mol. The molecule has 2 aromatic carbocycles. The van der Waals surface area contributed by atoms with Crippen LogP contribution in [-0.4, -0.2) is 53.0 Å². The summed E-state index contributed by atoms with van der Waals surface area (Å²) in [7, 11) is 1.62. The molecule has 1 amide bonds. The van der Waals surface area contributed by atoms with Gasteiger partial charge in [0.1, 0.15) is 22.9 Å². The molecule has 162 valence electrons. The first kappa shape index (κ1) is 20.9. The van der Waals surface area contributed by atoms with Crippen LogP contribution in [0, 0.1) is 0 Å². The largest absolute Gasteiger partial charge is 0.507 e. The summed E-state index contributed by atoms with van der Waals surface area (Å²) in [5.41, 5.74) is 3.28. The van der Waals surface area contributed by atoms with Gasteiger partial charge in [-0.3, -0.25) is 9.89 Å². The molecule has 1 aromatic heterocycles. The Morgan fingerprint density at radius 2 is 2.00 bits per heavy atom. The van der Waals surface area contributed by atoms with E-state index >= 15 is 0 Å². The number of para-hydroxylation sites is 1. The number of nitrogens with zero attached hydrogens (tertiary/aromatic N) is 2. The summed E-state index contributed by atoms with van der Waals surface area (Å²) in [4.78, 5) is 15.0. The van der Waals surface area contributed by atoms with Crippen LogP contribution >= 0.6 is 0 Å². The van der Waals surface area contributed by atoms with Crippen LogP contribution in [0.4, 0.5) is 0 Å². The fourth-order valence-electron chi connectivity index (χ4n) is 3.95. The zero-order valence-electron chi connectivity index (χ0n) is 17.8. The SMILES string of the molecule is CCCCOc1cccc([C@@H]2c3c(-c4ccccc4O)n[nH]c3C(=O)N2CCOC)c1. The number of nitrogens with one attached hydrogen (secondary N) is 1. The van der Waals surface area contributed by atoms with E-state index in [1.807, 2.05) is 30.3 Å². The molecule has 7 heteroatoms. The van der Waals surface area contributed by atoms with Gasteiger partial charge >= 0.3 is 0 Å². The lowest BCUT2D eigenvalue weighted by atomic mass is 9.95. The van der Waals surface area contributed by atoms with Gasteiger partial charge in [0.05, 0.1) is 19.3 Å². The number of H-pyrrole nitrogens is 1. The maximum Gasteiger partial charge on any atom is 0.273 e. The number of aromatic nitrogens is 2. The highest BCUT2D eigenvalue weighted by Crippen LogP contribution is 2.44. The topological polar surface area (TPSA) is 87.7 Å². The van der Waals surface area contributed by atoms with Crippen LogP contribution in [0.5, 0.6) is 11.5 Å². The first-order chi connectivity index (χ1) is 15.2. The lowest BCUT2D eigenvalue weighted by Gasteiger charge is -2.26. The molecule has 3 aromatic rings. The van der Waals surface area contributed by atoms with Crippen LogP contribution in [0.15, 0.2) is 48.5 Å². The molecule has 0 fully saturated rings. The molecule has 31 heavy (non-hydrogen) atoms. The second kappa shape index (κ2) is 9.22. The molecule has 2 N–H and O–H groups in total. The molecular weight excluding hydrogens is 394 g/mol. The second-order valence-electron chi connectivity index (χ2n) is 7.55. The minimum atomic E-state index is -0.360. The van der Waals surface area contributed by atoms with Crippen molar-refractivity contribution in [3.63, 3.8) is 0 Å². The molecule has 0 bridgehead atoms. The smallest absolute Gasteiger partial charge is 0.273 e. The van der Waals surface area contributed by atoms with Gasteiger partial charge in [-0.15, -0.1) is 0 Å². The summed E-state index contributed by atoms with van der Waals surface area (Å²) in [6.45, 7) is 3.62. The van der Waals surface area contributed by atoms with E-state index in [0.717, 1.165) is 29.7 Å². The van der Waals surface area contributed by atoms with Gasteiger partial charge in [-0.1, -0.05) is 37.6 Å². The number of unbranched alkanes of at least 4 members (excludes halogenated alkanes) is 1. The lowest BCUT2D eigenvalue weighted by molar-refractivity contribution is 0.0677. The number of amides is 1. The molecular formula is C24H27N3O4. The second-order valence-corrected chi connectivity index (χ2v) is 7.55. The van der Waals surface area contributed by atoms with Gasteiger partial charge in [-0.05, 0) is 36.2 Å². The average Bonchev–Trinajstić information content (AvgIpc) is 3.32. The van der Waals surface area contributed by atoms with Gasteiger partial charge in [0.15, 0.2) is 0 Å². The Balaban J connectivity index is 1.79. The number of methoxy groups -OCH3 is 1. The molecule has 0 radical (unpaired) electrons. The van der Waals surface area contributed by atoms with E-state index in [0.29, 0.717) is 36.7 Å². The maximum absolute atomic E-state index is 13.2. The number of aromatic amines is 1. The number of benzene rings is 2. The molecule has 0 saturated heterocycles. The van der Waals surface area contributed by atoms with E-state index in [1.54, 1.807) is 30.2 Å². The van der Waals surface area contributed by atoms with Crippen LogP contribution in [0.3, 0.4) is 0 Å². The Labute approximate surface area is 181 Å². The van der Waals surface area contributed by atoms with E-state index in [4.69, 9.17) is 9.47 Å². The minimum Gasteiger partial charge on any atom is -0.507 e. The van der Waals surface area contributed by atoms with Crippen molar-refractivity contribution in [2.75, 3.05) is 26.9 Å². The van der Waals surface area contributed by atoms with Gasteiger partial charge in [0, 0.05) is 24.8 Å². The van der Waals surface area contributed by atoms with Crippen LogP contribution < -0.4 is 4.74 Å². The van der Waals surface area contributed by atoms with E-state index in [9.17, 15) is 9.90 Å². The van der Waals surface area contributed by atoms with Crippen LogP contribution in [-0.2, 0) is 4.74 Å². The van der Waals surface area contributed by atoms with E-state index in [1.165, 1.54) is 0 Å². The maximum atomic E-state index is 13.2. The van der Waals surface area contributed by atoms with Crippen molar-refractivity contribution >= 4 is 5.91 Å². The Hall–Kier alpha value is -3.32. The third-order valence-corrected chi connectivity index (χ3v) is 5.50. The van der Waals surface area contributed by atoms with Crippen LogP contribution in [0.25, 0.3) is 11.3 Å². The number of aromatic hydroxyl groups is 1. The highest BCUT2D eigenvalue weighted by atomic mass is 16.5. The van der Waals surface area contributed by atoms with E-state index in [2.05, 4.69) is 17.1 Å². The molecule has 1 atom stereocenters. The van der Waals surface area contributed by atoms with Gasteiger partial charge < -0.3 is 19.5 Å². The zero-order chi connectivity index (χ0) is 21.8. The third-order valence-electron chi connectivity index (χ3n) is 5.50. The van der Waals surface area contributed by atoms with Gasteiger partial charge in [-0.2, -0.15) is 5.10 Å². The van der Waals surface area contributed by atoms with Crippen molar-refractivity contribution in [3.05, 3.63) is 65.4 Å². The Bertz CT molecular complexity index is 1060. The number of carbonyl (C=O) groups is 1. The summed E-state index contributed by atoms with van der Waals surface area (Å²) < 4.78 is 11.2. The van der Waals surface area contributed by atoms with Gasteiger partial charge in [0.25, 0.3) is 5.91 Å². The number of rotatable bonds is 9. The molecule has 4 rings (SSSR count). The summed E-state index contributed by atoms with van der Waals surface area (Å²) in [6, 6.07) is 14.5. The predicted octanol–water partition coefficient (Wildman–Crippen LogP) is 4.15. The lowest BCUT2D eigenvalue weighted by Crippen LogP contribution is -2.32. The third kappa shape index (κ3) is 4.01. The summed E-state index contributed by atoms with van der Waals surface area (Å²) in [5.74, 6) is 0.754. The molecule has 0 unspecified atom stereocenters. The highest BCUT2D eigenvalue weighted by Gasteiger charge is 2.42. The van der Waals surface area contributed by atoms with Gasteiger partial charge in [-0.25, -0.2) is 0 Å². The van der Waals surface area contributed by atoms with Crippen molar-refractivity contribution in [1.82, 2.24) is 15.1 Å². The normalized spacial score (nSPS) is 15.4.